The van der Waals surface area contributed by atoms with Gasteiger partial charge in [0.2, 0.25) is 0 Å². The number of benzene rings is 1. The summed E-state index contributed by atoms with van der Waals surface area (Å²) in [4.78, 5) is 18.4. The molecule has 1 atom stereocenters. The predicted octanol–water partition coefficient (Wildman–Crippen LogP) is 3.16. The fourth-order valence-corrected chi connectivity index (χ4v) is 3.79. The summed E-state index contributed by atoms with van der Waals surface area (Å²) >= 11 is 2.06. The minimum atomic E-state index is -0.464. The van der Waals surface area contributed by atoms with Crippen molar-refractivity contribution in [3.8, 4) is 0 Å². The number of nitrogens with zero attached hydrogens (tertiary/aromatic N) is 2. The number of rotatable bonds is 5. The molecule has 1 aliphatic rings. The molecule has 0 bridgehead atoms. The van der Waals surface area contributed by atoms with Crippen molar-refractivity contribution in [2.75, 3.05) is 37.8 Å². The van der Waals surface area contributed by atoms with E-state index in [4.69, 9.17) is 4.99 Å². The number of carbonyl (C=O) groups is 1. The third-order valence-electron chi connectivity index (χ3n) is 4.03. The van der Waals surface area contributed by atoms with E-state index < -0.39 is 6.09 Å². The quantitative estimate of drug-likeness (QED) is 0.621. The lowest BCUT2D eigenvalue weighted by atomic mass is 10.2. The van der Waals surface area contributed by atoms with Crippen LogP contribution in [-0.4, -0.2) is 54.7 Å². The molecule has 0 radical (unpaired) electrons. The molecular weight excluding hydrogens is 336 g/mol. The Hall–Kier alpha value is -1.89. The van der Waals surface area contributed by atoms with Crippen LogP contribution in [0.4, 0.5) is 10.5 Å². The molecule has 138 valence electrons. The average molecular weight is 365 g/mol. The Morgan fingerprint density at radius 3 is 2.76 bits per heavy atom. The summed E-state index contributed by atoms with van der Waals surface area (Å²) in [5.74, 6) is 2.13. The van der Waals surface area contributed by atoms with Gasteiger partial charge in [-0.1, -0.05) is 19.1 Å². The first-order chi connectivity index (χ1) is 12.2. The zero-order valence-electron chi connectivity index (χ0n) is 15.2. The number of anilines is 1. The van der Waals surface area contributed by atoms with E-state index in [9.17, 15) is 4.79 Å². The van der Waals surface area contributed by atoms with Gasteiger partial charge in [-0.15, -0.1) is 0 Å². The van der Waals surface area contributed by atoms with Gasteiger partial charge in [0.1, 0.15) is 0 Å². The first-order valence-corrected chi connectivity index (χ1v) is 9.79. The summed E-state index contributed by atoms with van der Waals surface area (Å²) in [6.45, 7) is 7.90. The summed E-state index contributed by atoms with van der Waals surface area (Å²) in [5.41, 5.74) is 1.81. The van der Waals surface area contributed by atoms with E-state index in [1.807, 2.05) is 24.3 Å². The number of hydrogen-bond donors (Lipinski definition) is 2. The Morgan fingerprint density at radius 2 is 2.12 bits per heavy atom. The average Bonchev–Trinajstić information content (AvgIpc) is 2.66. The van der Waals surface area contributed by atoms with E-state index in [2.05, 4.69) is 45.9 Å². The maximum absolute atomic E-state index is 11.2. The van der Waals surface area contributed by atoms with Gasteiger partial charge in [-0.3, -0.25) is 5.32 Å². The highest BCUT2D eigenvalue weighted by Crippen LogP contribution is 2.21. The van der Waals surface area contributed by atoms with E-state index in [0.29, 0.717) is 17.5 Å². The molecular formula is C18H28N4O2S. The Labute approximate surface area is 154 Å². The number of aliphatic imine (C=N–C) groups is 1. The molecule has 1 saturated heterocycles. The van der Waals surface area contributed by atoms with Crippen molar-refractivity contribution < 1.29 is 9.53 Å². The minimum Gasteiger partial charge on any atom is -0.453 e. The smallest absolute Gasteiger partial charge is 0.411 e. The molecule has 0 aromatic heterocycles. The van der Waals surface area contributed by atoms with Gasteiger partial charge in [0.05, 0.1) is 13.7 Å². The van der Waals surface area contributed by atoms with Gasteiger partial charge in [0.25, 0.3) is 0 Å². The topological polar surface area (TPSA) is 66.0 Å². The van der Waals surface area contributed by atoms with Crippen LogP contribution in [0.3, 0.4) is 0 Å². The van der Waals surface area contributed by atoms with Crippen molar-refractivity contribution in [2.45, 2.75) is 32.1 Å². The maximum Gasteiger partial charge on any atom is 0.411 e. The Bertz CT molecular complexity index is 577. The molecule has 7 heteroatoms. The molecule has 1 fully saturated rings. The third kappa shape index (κ3) is 6.16. The molecule has 1 amide bonds. The van der Waals surface area contributed by atoms with Gasteiger partial charge in [0.15, 0.2) is 5.96 Å². The second kappa shape index (κ2) is 10.2. The molecule has 1 aromatic carbocycles. The van der Waals surface area contributed by atoms with Gasteiger partial charge >= 0.3 is 6.09 Å². The largest absolute Gasteiger partial charge is 0.453 e. The molecule has 1 aliphatic heterocycles. The molecule has 2 rings (SSSR count). The van der Waals surface area contributed by atoms with Crippen molar-refractivity contribution in [1.82, 2.24) is 10.2 Å². The second-order valence-corrected chi connectivity index (χ2v) is 7.24. The highest BCUT2D eigenvalue weighted by Gasteiger charge is 2.21. The van der Waals surface area contributed by atoms with Crippen molar-refractivity contribution in [2.24, 2.45) is 4.99 Å². The van der Waals surface area contributed by atoms with Crippen LogP contribution >= 0.6 is 11.8 Å². The highest BCUT2D eigenvalue weighted by atomic mass is 32.2. The van der Waals surface area contributed by atoms with Crippen molar-refractivity contribution in [3.63, 3.8) is 0 Å². The molecule has 0 saturated carbocycles. The van der Waals surface area contributed by atoms with Gasteiger partial charge in [-0.25, -0.2) is 9.79 Å². The number of ether oxygens (including phenoxy) is 1. The van der Waals surface area contributed by atoms with Gasteiger partial charge in [0, 0.05) is 36.3 Å². The molecule has 1 unspecified atom stereocenters. The monoisotopic (exact) mass is 364 g/mol. The minimum absolute atomic E-state index is 0.464. The van der Waals surface area contributed by atoms with E-state index in [0.717, 1.165) is 36.9 Å². The molecule has 0 aliphatic carbocycles. The third-order valence-corrected chi connectivity index (χ3v) is 5.40. The number of methoxy groups -OCH3 is 1. The van der Waals surface area contributed by atoms with Gasteiger partial charge in [-0.05, 0) is 31.0 Å². The van der Waals surface area contributed by atoms with E-state index in [1.165, 1.54) is 13.5 Å². The van der Waals surface area contributed by atoms with E-state index >= 15 is 0 Å². The zero-order valence-corrected chi connectivity index (χ0v) is 16.1. The van der Waals surface area contributed by atoms with Crippen LogP contribution in [0.15, 0.2) is 29.3 Å². The summed E-state index contributed by atoms with van der Waals surface area (Å²) < 4.78 is 4.59. The Morgan fingerprint density at radius 1 is 1.36 bits per heavy atom. The van der Waals surface area contributed by atoms with Crippen LogP contribution in [0.1, 0.15) is 25.8 Å². The van der Waals surface area contributed by atoms with Crippen LogP contribution in [0.5, 0.6) is 0 Å². The van der Waals surface area contributed by atoms with Crippen LogP contribution in [0.2, 0.25) is 0 Å². The number of carbonyl (C=O) groups excluding carboxylic acids is 1. The lowest BCUT2D eigenvalue weighted by molar-refractivity contribution is 0.187. The standard InChI is InChI=1S/C18H28N4O2S/c1-4-16-13-22(10-11-25-16)17(19-5-2)20-12-14-6-8-15(9-7-14)21-18(23)24-3/h6-9,16H,4-5,10-13H2,1-3H3,(H,19,20)(H,21,23). The van der Waals surface area contributed by atoms with Gasteiger partial charge < -0.3 is 15.0 Å². The predicted molar refractivity (Wildman–Crippen MR) is 105 cm³/mol. The Balaban J connectivity index is 1.99. The number of amides is 1. The van der Waals surface area contributed by atoms with Crippen LogP contribution in [-0.2, 0) is 11.3 Å². The second-order valence-electron chi connectivity index (χ2n) is 5.83. The van der Waals surface area contributed by atoms with Crippen molar-refractivity contribution >= 4 is 29.5 Å². The summed E-state index contributed by atoms with van der Waals surface area (Å²) in [7, 11) is 1.35. The number of guanidine groups is 1. The van der Waals surface area contributed by atoms with Crippen molar-refractivity contribution in [1.29, 1.82) is 0 Å². The molecule has 1 aromatic rings. The summed E-state index contributed by atoms with van der Waals surface area (Å²) in [6.07, 6.45) is 0.725. The summed E-state index contributed by atoms with van der Waals surface area (Å²) in [5, 5.41) is 6.73. The molecule has 6 nitrogen and oxygen atoms in total. The first-order valence-electron chi connectivity index (χ1n) is 8.75. The van der Waals surface area contributed by atoms with Crippen LogP contribution in [0, 0.1) is 0 Å². The lowest BCUT2D eigenvalue weighted by Gasteiger charge is -2.34. The van der Waals surface area contributed by atoms with Crippen LogP contribution in [0.25, 0.3) is 0 Å². The first kappa shape index (κ1) is 19.4. The SMILES string of the molecule is CCNC(=NCc1ccc(NC(=O)OC)cc1)N1CCSC(CC)C1. The number of thioether (sulfide) groups is 1. The number of nitrogens with one attached hydrogen (secondary N) is 2. The molecule has 25 heavy (non-hydrogen) atoms. The molecule has 0 spiro atoms. The normalized spacial score (nSPS) is 18.0. The highest BCUT2D eigenvalue weighted by molar-refractivity contribution is 8.00. The fourth-order valence-electron chi connectivity index (χ4n) is 2.61. The lowest BCUT2D eigenvalue weighted by Crippen LogP contribution is -2.48. The summed E-state index contributed by atoms with van der Waals surface area (Å²) in [6, 6.07) is 7.66. The zero-order chi connectivity index (χ0) is 18.1. The molecule has 2 N–H and O–H groups in total. The Kier molecular flexibility index (Phi) is 7.91. The van der Waals surface area contributed by atoms with Crippen LogP contribution < -0.4 is 10.6 Å². The number of hydrogen-bond acceptors (Lipinski definition) is 4. The maximum atomic E-state index is 11.2. The van der Waals surface area contributed by atoms with E-state index in [1.54, 1.807) is 0 Å². The van der Waals surface area contributed by atoms with E-state index in [-0.39, 0.29) is 0 Å². The molecule has 1 heterocycles. The fraction of sp³-hybridized carbons (Fsp3) is 0.556. The van der Waals surface area contributed by atoms with Crippen molar-refractivity contribution in [3.05, 3.63) is 29.8 Å². The van der Waals surface area contributed by atoms with Gasteiger partial charge in [-0.2, -0.15) is 11.8 Å².